The summed E-state index contributed by atoms with van der Waals surface area (Å²) in [5.41, 5.74) is 3.88. The number of aromatic nitrogens is 2. The number of rotatable bonds is 5. The normalized spacial score (nSPS) is 10.4. The van der Waals surface area contributed by atoms with Crippen LogP contribution >= 0.6 is 0 Å². The molecule has 1 heterocycles. The number of hydrogen-bond donors (Lipinski definition) is 2. The molecule has 132 valence electrons. The van der Waals surface area contributed by atoms with Gasteiger partial charge >= 0.3 is 0 Å². The third-order valence-corrected chi connectivity index (χ3v) is 4.06. The van der Waals surface area contributed by atoms with Gasteiger partial charge in [-0.25, -0.2) is 14.4 Å². The van der Waals surface area contributed by atoms with Gasteiger partial charge in [0.2, 0.25) is 0 Å². The summed E-state index contributed by atoms with van der Waals surface area (Å²) < 4.78 is 13.6. The van der Waals surface area contributed by atoms with Crippen molar-refractivity contribution in [3.05, 3.63) is 83.1 Å². The Labute approximate surface area is 151 Å². The van der Waals surface area contributed by atoms with Crippen LogP contribution in [0.2, 0.25) is 0 Å². The molecule has 0 fully saturated rings. The maximum absolute atomic E-state index is 13.6. The summed E-state index contributed by atoms with van der Waals surface area (Å²) in [6, 6.07) is 12.3. The van der Waals surface area contributed by atoms with E-state index in [2.05, 4.69) is 20.6 Å². The van der Waals surface area contributed by atoms with E-state index in [1.165, 1.54) is 29.6 Å². The second-order valence-electron chi connectivity index (χ2n) is 5.99. The molecule has 0 aliphatic rings. The zero-order valence-electron chi connectivity index (χ0n) is 14.6. The maximum Gasteiger partial charge on any atom is 0.271 e. The Morgan fingerprint density at radius 1 is 1.04 bits per heavy atom. The van der Waals surface area contributed by atoms with Crippen LogP contribution in [0.3, 0.4) is 0 Å². The zero-order valence-corrected chi connectivity index (χ0v) is 14.6. The third kappa shape index (κ3) is 4.22. The molecule has 26 heavy (non-hydrogen) atoms. The molecule has 0 atom stereocenters. The van der Waals surface area contributed by atoms with Crippen molar-refractivity contribution >= 4 is 17.4 Å². The Morgan fingerprint density at radius 2 is 1.85 bits per heavy atom. The van der Waals surface area contributed by atoms with E-state index in [0.717, 1.165) is 5.69 Å². The molecule has 1 amide bonds. The van der Waals surface area contributed by atoms with Crippen LogP contribution in [-0.2, 0) is 6.54 Å². The highest BCUT2D eigenvalue weighted by Crippen LogP contribution is 2.17. The number of nitrogens with zero attached hydrogens (tertiary/aromatic N) is 2. The van der Waals surface area contributed by atoms with Gasteiger partial charge in [-0.05, 0) is 43.2 Å². The van der Waals surface area contributed by atoms with Crippen LogP contribution in [0.15, 0.2) is 54.9 Å². The zero-order chi connectivity index (χ0) is 18.5. The van der Waals surface area contributed by atoms with Gasteiger partial charge < -0.3 is 10.6 Å². The molecule has 2 N–H and O–H groups in total. The lowest BCUT2D eigenvalue weighted by Crippen LogP contribution is -2.24. The van der Waals surface area contributed by atoms with Crippen molar-refractivity contribution in [3.8, 4) is 0 Å². The fourth-order valence-electron chi connectivity index (χ4n) is 2.38. The first-order valence-electron chi connectivity index (χ1n) is 8.21. The lowest BCUT2D eigenvalue weighted by Gasteiger charge is -2.09. The minimum Gasteiger partial charge on any atom is -0.346 e. The first kappa shape index (κ1) is 17.5. The number of halogens is 1. The molecule has 0 aliphatic carbocycles. The summed E-state index contributed by atoms with van der Waals surface area (Å²) in [5.74, 6) is -0.218. The lowest BCUT2D eigenvalue weighted by atomic mass is 10.1. The first-order valence-corrected chi connectivity index (χ1v) is 8.21. The number of anilines is 2. The summed E-state index contributed by atoms with van der Waals surface area (Å²) in [6.45, 7) is 4.18. The molecule has 0 saturated carbocycles. The van der Waals surface area contributed by atoms with E-state index in [0.29, 0.717) is 11.4 Å². The molecule has 0 aliphatic heterocycles. The predicted octanol–water partition coefficient (Wildman–Crippen LogP) is 3.91. The van der Waals surface area contributed by atoms with E-state index in [9.17, 15) is 9.18 Å². The van der Waals surface area contributed by atoms with E-state index in [1.807, 2.05) is 32.0 Å². The van der Waals surface area contributed by atoms with Crippen LogP contribution in [0.1, 0.15) is 27.2 Å². The standard InChI is InChI=1S/C20H19FN4O/c1-13-7-8-16(9-14(13)2)25-19-12-22-18(11-23-19)20(26)24-10-15-5-3-4-6-17(15)21/h3-9,11-12H,10H2,1-2H3,(H,23,25)(H,24,26). The fourth-order valence-corrected chi connectivity index (χ4v) is 2.38. The quantitative estimate of drug-likeness (QED) is 0.732. The van der Waals surface area contributed by atoms with Crippen LogP contribution in [0.4, 0.5) is 15.9 Å². The van der Waals surface area contributed by atoms with E-state index in [-0.39, 0.29) is 18.1 Å². The number of carbonyl (C=O) groups is 1. The molecule has 0 unspecified atom stereocenters. The van der Waals surface area contributed by atoms with Gasteiger partial charge in [0.1, 0.15) is 17.3 Å². The van der Waals surface area contributed by atoms with Crippen molar-refractivity contribution in [2.75, 3.05) is 5.32 Å². The van der Waals surface area contributed by atoms with Crippen molar-refractivity contribution in [3.63, 3.8) is 0 Å². The van der Waals surface area contributed by atoms with Crippen LogP contribution in [0.25, 0.3) is 0 Å². The lowest BCUT2D eigenvalue weighted by molar-refractivity contribution is 0.0945. The Balaban J connectivity index is 1.62. The Kier molecular flexibility index (Phi) is 5.22. The summed E-state index contributed by atoms with van der Waals surface area (Å²) >= 11 is 0. The Hall–Kier alpha value is -3.28. The van der Waals surface area contributed by atoms with Crippen molar-refractivity contribution in [2.45, 2.75) is 20.4 Å². The maximum atomic E-state index is 13.6. The van der Waals surface area contributed by atoms with Crippen LogP contribution < -0.4 is 10.6 Å². The molecule has 3 rings (SSSR count). The van der Waals surface area contributed by atoms with Gasteiger partial charge in [0, 0.05) is 17.8 Å². The van der Waals surface area contributed by atoms with Gasteiger partial charge in [0.05, 0.1) is 12.4 Å². The molecular weight excluding hydrogens is 331 g/mol. The first-order chi connectivity index (χ1) is 12.5. The highest BCUT2D eigenvalue weighted by Gasteiger charge is 2.09. The highest BCUT2D eigenvalue weighted by molar-refractivity contribution is 5.92. The van der Waals surface area contributed by atoms with Crippen LogP contribution in [0.5, 0.6) is 0 Å². The average Bonchev–Trinajstić information content (AvgIpc) is 2.64. The SMILES string of the molecule is Cc1ccc(Nc2cnc(C(=O)NCc3ccccc3F)cn2)cc1C. The van der Waals surface area contributed by atoms with E-state index >= 15 is 0 Å². The molecule has 0 spiro atoms. The molecule has 0 saturated heterocycles. The molecule has 2 aromatic carbocycles. The minimum absolute atomic E-state index is 0.0931. The monoisotopic (exact) mass is 350 g/mol. The van der Waals surface area contributed by atoms with Gasteiger partial charge in [0.25, 0.3) is 5.91 Å². The molecule has 3 aromatic rings. The van der Waals surface area contributed by atoms with Crippen LogP contribution in [-0.4, -0.2) is 15.9 Å². The van der Waals surface area contributed by atoms with Gasteiger partial charge in [-0.1, -0.05) is 24.3 Å². The molecule has 6 heteroatoms. The Bertz CT molecular complexity index is 925. The Morgan fingerprint density at radius 3 is 2.54 bits per heavy atom. The number of benzene rings is 2. The average molecular weight is 350 g/mol. The van der Waals surface area contributed by atoms with Crippen molar-refractivity contribution in [1.29, 1.82) is 0 Å². The van der Waals surface area contributed by atoms with Gasteiger partial charge in [0.15, 0.2) is 0 Å². The van der Waals surface area contributed by atoms with Gasteiger partial charge in [-0.15, -0.1) is 0 Å². The minimum atomic E-state index is -0.404. The number of carbonyl (C=O) groups excluding carboxylic acids is 1. The van der Waals surface area contributed by atoms with E-state index in [1.54, 1.807) is 18.2 Å². The molecule has 1 aromatic heterocycles. The van der Waals surface area contributed by atoms with Crippen LogP contribution in [0, 0.1) is 19.7 Å². The molecule has 0 radical (unpaired) electrons. The van der Waals surface area contributed by atoms with Gasteiger partial charge in [-0.2, -0.15) is 0 Å². The number of hydrogen-bond acceptors (Lipinski definition) is 4. The molecule has 5 nitrogen and oxygen atoms in total. The second-order valence-corrected chi connectivity index (χ2v) is 5.99. The number of nitrogens with one attached hydrogen (secondary N) is 2. The predicted molar refractivity (Wildman–Crippen MR) is 98.8 cm³/mol. The van der Waals surface area contributed by atoms with Gasteiger partial charge in [-0.3, -0.25) is 4.79 Å². The summed E-state index contributed by atoms with van der Waals surface area (Å²) in [4.78, 5) is 20.5. The fraction of sp³-hybridized carbons (Fsp3) is 0.150. The molecular formula is C20H19FN4O. The summed E-state index contributed by atoms with van der Waals surface area (Å²) in [5, 5.41) is 5.79. The van der Waals surface area contributed by atoms with Crippen molar-refractivity contribution in [1.82, 2.24) is 15.3 Å². The van der Waals surface area contributed by atoms with E-state index < -0.39 is 5.91 Å². The van der Waals surface area contributed by atoms with Crippen molar-refractivity contribution in [2.24, 2.45) is 0 Å². The summed E-state index contributed by atoms with van der Waals surface area (Å²) in [7, 11) is 0. The second kappa shape index (κ2) is 7.74. The number of aryl methyl sites for hydroxylation is 2. The highest BCUT2D eigenvalue weighted by atomic mass is 19.1. The van der Waals surface area contributed by atoms with E-state index in [4.69, 9.17) is 0 Å². The van der Waals surface area contributed by atoms with Crippen molar-refractivity contribution < 1.29 is 9.18 Å². The summed E-state index contributed by atoms with van der Waals surface area (Å²) in [6.07, 6.45) is 2.88. The smallest absolute Gasteiger partial charge is 0.271 e. The molecule has 0 bridgehead atoms. The number of amides is 1. The topological polar surface area (TPSA) is 66.9 Å². The third-order valence-electron chi connectivity index (χ3n) is 4.06. The largest absolute Gasteiger partial charge is 0.346 e.